The van der Waals surface area contributed by atoms with E-state index >= 15 is 0 Å². The fourth-order valence-corrected chi connectivity index (χ4v) is 5.28. The molecular weight excluding hydrogens is 526 g/mol. The summed E-state index contributed by atoms with van der Waals surface area (Å²) >= 11 is 25.2. The molecule has 0 unspecified atom stereocenters. The van der Waals surface area contributed by atoms with Crippen molar-refractivity contribution in [3.63, 3.8) is 0 Å². The molecule has 0 radical (unpaired) electrons. The van der Waals surface area contributed by atoms with Crippen molar-refractivity contribution in [2.24, 2.45) is 0 Å². The minimum atomic E-state index is -0.0290. The van der Waals surface area contributed by atoms with Gasteiger partial charge < -0.3 is 8.83 Å². The standard InChI is InChI=1S/C28H18Cl4O3/c29-20-6-2-7-21(30)26(20)24-12-10-18(34-24)14-16-4-1-5-17(28(16)33)15-19-11-13-25(35-19)27-22(31)8-3-9-23(27)32/h2-3,6-15H,1,4-5H2/b16-14+,17-15+. The van der Waals surface area contributed by atoms with Crippen molar-refractivity contribution in [1.82, 2.24) is 0 Å². The summed E-state index contributed by atoms with van der Waals surface area (Å²) in [6, 6.07) is 17.8. The average molecular weight is 544 g/mol. The number of halogens is 4. The summed E-state index contributed by atoms with van der Waals surface area (Å²) < 4.78 is 11.9. The van der Waals surface area contributed by atoms with Gasteiger partial charge in [-0.1, -0.05) is 58.5 Å². The van der Waals surface area contributed by atoms with Crippen LogP contribution >= 0.6 is 46.4 Å². The maximum absolute atomic E-state index is 13.2. The third-order valence-corrected chi connectivity index (χ3v) is 7.04. The molecule has 0 spiro atoms. The molecule has 1 aliphatic carbocycles. The molecule has 0 aliphatic heterocycles. The van der Waals surface area contributed by atoms with Gasteiger partial charge in [0.1, 0.15) is 23.0 Å². The van der Waals surface area contributed by atoms with Crippen molar-refractivity contribution >= 4 is 64.3 Å². The Morgan fingerprint density at radius 1 is 0.600 bits per heavy atom. The normalized spacial score (nSPS) is 16.4. The number of hydrogen-bond acceptors (Lipinski definition) is 3. The van der Waals surface area contributed by atoms with Crippen molar-refractivity contribution in [3.8, 4) is 22.6 Å². The van der Waals surface area contributed by atoms with Crippen LogP contribution in [0.15, 0.2) is 80.6 Å². The van der Waals surface area contributed by atoms with Gasteiger partial charge in [0.15, 0.2) is 5.78 Å². The van der Waals surface area contributed by atoms with Crippen LogP contribution in [0.1, 0.15) is 30.8 Å². The lowest BCUT2D eigenvalue weighted by atomic mass is 9.88. The zero-order valence-electron chi connectivity index (χ0n) is 18.3. The molecule has 2 heterocycles. The van der Waals surface area contributed by atoms with Gasteiger partial charge in [0.2, 0.25) is 0 Å². The molecule has 0 atom stereocenters. The SMILES string of the molecule is O=C1/C(=C/c2ccc(-c3c(Cl)cccc3Cl)o2)CCC/C1=C\c1ccc(-c2c(Cl)cccc2Cl)o1. The first-order chi connectivity index (χ1) is 16.9. The van der Waals surface area contributed by atoms with Crippen molar-refractivity contribution in [1.29, 1.82) is 0 Å². The Morgan fingerprint density at radius 3 is 1.40 bits per heavy atom. The highest BCUT2D eigenvalue weighted by Gasteiger charge is 2.22. The van der Waals surface area contributed by atoms with Gasteiger partial charge in [-0.2, -0.15) is 0 Å². The number of hydrogen-bond donors (Lipinski definition) is 0. The zero-order valence-corrected chi connectivity index (χ0v) is 21.3. The quantitative estimate of drug-likeness (QED) is 0.240. The van der Waals surface area contributed by atoms with Gasteiger partial charge in [0.05, 0.1) is 31.2 Å². The summed E-state index contributed by atoms with van der Waals surface area (Å²) in [6.45, 7) is 0. The van der Waals surface area contributed by atoms with Crippen LogP contribution in [-0.2, 0) is 4.79 Å². The van der Waals surface area contributed by atoms with Gasteiger partial charge >= 0.3 is 0 Å². The summed E-state index contributed by atoms with van der Waals surface area (Å²) in [6.07, 6.45) is 5.73. The van der Waals surface area contributed by atoms with Crippen LogP contribution in [0.2, 0.25) is 20.1 Å². The van der Waals surface area contributed by atoms with Crippen molar-refractivity contribution in [3.05, 3.63) is 103 Å². The molecule has 1 aliphatic rings. The van der Waals surface area contributed by atoms with Gasteiger partial charge in [0, 0.05) is 11.1 Å². The highest BCUT2D eigenvalue weighted by Crippen LogP contribution is 2.38. The van der Waals surface area contributed by atoms with Crippen LogP contribution in [0.5, 0.6) is 0 Å². The maximum Gasteiger partial charge on any atom is 0.185 e. The predicted molar refractivity (Wildman–Crippen MR) is 143 cm³/mol. The van der Waals surface area contributed by atoms with Gasteiger partial charge in [-0.25, -0.2) is 0 Å². The van der Waals surface area contributed by atoms with Crippen molar-refractivity contribution in [2.45, 2.75) is 19.3 Å². The average Bonchev–Trinajstić information content (AvgIpc) is 3.46. The van der Waals surface area contributed by atoms with Crippen LogP contribution < -0.4 is 0 Å². The Balaban J connectivity index is 1.40. The second-order valence-electron chi connectivity index (χ2n) is 8.12. The number of carbonyl (C=O) groups excluding carboxylic acids is 1. The number of carbonyl (C=O) groups is 1. The molecule has 1 fully saturated rings. The molecule has 0 saturated heterocycles. The van der Waals surface area contributed by atoms with E-state index < -0.39 is 0 Å². The molecule has 0 amide bonds. The number of furan rings is 2. The number of benzene rings is 2. The summed E-state index contributed by atoms with van der Waals surface area (Å²) in [4.78, 5) is 13.2. The third kappa shape index (κ3) is 5.00. The lowest BCUT2D eigenvalue weighted by Crippen LogP contribution is -2.12. The van der Waals surface area contributed by atoms with Crippen LogP contribution in [-0.4, -0.2) is 5.78 Å². The molecule has 5 rings (SSSR count). The number of rotatable bonds is 4. The summed E-state index contributed by atoms with van der Waals surface area (Å²) in [5, 5.41) is 2.00. The van der Waals surface area contributed by atoms with Gasteiger partial charge in [-0.3, -0.25) is 4.79 Å². The Bertz CT molecular complexity index is 1340. The first-order valence-corrected chi connectivity index (χ1v) is 12.5. The van der Waals surface area contributed by atoms with E-state index in [-0.39, 0.29) is 5.78 Å². The Labute approximate surface area is 222 Å². The first-order valence-electron chi connectivity index (χ1n) is 10.9. The highest BCUT2D eigenvalue weighted by molar-refractivity contribution is 6.39. The van der Waals surface area contributed by atoms with Crippen LogP contribution in [0.4, 0.5) is 0 Å². The van der Waals surface area contributed by atoms with Gasteiger partial charge in [-0.05, 0) is 79.9 Å². The van der Waals surface area contributed by atoms with E-state index in [0.717, 1.165) is 6.42 Å². The molecule has 35 heavy (non-hydrogen) atoms. The second-order valence-corrected chi connectivity index (χ2v) is 9.75. The molecule has 7 heteroatoms. The fraction of sp³-hybridized carbons (Fsp3) is 0.107. The van der Waals surface area contributed by atoms with E-state index in [1.165, 1.54) is 0 Å². The minimum Gasteiger partial charge on any atom is -0.457 e. The molecule has 176 valence electrons. The van der Waals surface area contributed by atoms with Crippen molar-refractivity contribution < 1.29 is 13.6 Å². The molecule has 2 aromatic carbocycles. The summed E-state index contributed by atoms with van der Waals surface area (Å²) in [7, 11) is 0. The van der Waals surface area contributed by atoms with Gasteiger partial charge in [0.25, 0.3) is 0 Å². The van der Waals surface area contributed by atoms with E-state index in [2.05, 4.69) is 0 Å². The molecule has 0 bridgehead atoms. The lowest BCUT2D eigenvalue weighted by molar-refractivity contribution is -0.112. The van der Waals surface area contributed by atoms with E-state index in [4.69, 9.17) is 55.2 Å². The Hall–Kier alpha value is -2.69. The monoisotopic (exact) mass is 542 g/mol. The maximum atomic E-state index is 13.2. The van der Waals surface area contributed by atoms with E-state index in [9.17, 15) is 4.79 Å². The van der Waals surface area contributed by atoms with E-state index in [1.54, 1.807) is 72.8 Å². The molecular formula is C28H18Cl4O3. The molecule has 1 saturated carbocycles. The fourth-order valence-electron chi connectivity index (χ4n) is 4.12. The topological polar surface area (TPSA) is 43.4 Å². The number of ketones is 1. The first kappa shape index (κ1) is 24.0. The van der Waals surface area contributed by atoms with Crippen LogP contribution in [0.3, 0.4) is 0 Å². The predicted octanol–water partition coefficient (Wildman–Crippen LogP) is 10.0. The molecule has 4 aromatic rings. The highest BCUT2D eigenvalue weighted by atomic mass is 35.5. The second kappa shape index (κ2) is 10.1. The van der Waals surface area contributed by atoms with E-state index in [1.807, 2.05) is 0 Å². The lowest BCUT2D eigenvalue weighted by Gasteiger charge is -2.15. The summed E-state index contributed by atoms with van der Waals surface area (Å²) in [5.41, 5.74) is 2.61. The molecule has 0 N–H and O–H groups in total. The number of allylic oxidation sites excluding steroid dienone is 2. The third-order valence-electron chi connectivity index (χ3n) is 5.78. The number of Topliss-reactive ketones (excluding diaryl/α,β-unsaturated/α-hetero) is 1. The molecule has 2 aromatic heterocycles. The van der Waals surface area contributed by atoms with Gasteiger partial charge in [-0.15, -0.1) is 0 Å². The van der Waals surface area contributed by atoms with Crippen LogP contribution in [0.25, 0.3) is 34.8 Å². The Morgan fingerprint density at radius 2 is 1.00 bits per heavy atom. The van der Waals surface area contributed by atoms with Crippen molar-refractivity contribution in [2.75, 3.05) is 0 Å². The largest absolute Gasteiger partial charge is 0.457 e. The molecule has 3 nitrogen and oxygen atoms in total. The minimum absolute atomic E-state index is 0.0290. The van der Waals surface area contributed by atoms with E-state index in [0.29, 0.717) is 78.2 Å². The Kier molecular flexibility index (Phi) is 6.95. The smallest absolute Gasteiger partial charge is 0.185 e. The zero-order chi connectivity index (χ0) is 24.5. The van der Waals surface area contributed by atoms with Crippen LogP contribution in [0, 0.1) is 0 Å². The summed E-state index contributed by atoms with van der Waals surface area (Å²) in [5.74, 6) is 2.20.